The van der Waals surface area contributed by atoms with Gasteiger partial charge in [-0.15, -0.1) is 23.1 Å². The van der Waals surface area contributed by atoms with Crippen molar-refractivity contribution in [2.75, 3.05) is 17.7 Å². The molecule has 3 rings (SSSR count). The predicted octanol–water partition coefficient (Wildman–Crippen LogP) is -0.559. The van der Waals surface area contributed by atoms with Crippen molar-refractivity contribution in [3.8, 4) is 0 Å². The molecular formula is C17H15N5O8S2. The first-order valence-corrected chi connectivity index (χ1v) is 10.6. The minimum absolute atomic E-state index is 0.0257. The number of amides is 3. The number of allylic oxidation sites excluding steroid dienone is 1. The molecule has 4 N–H and O–H groups in total. The van der Waals surface area contributed by atoms with Crippen LogP contribution in [0.1, 0.15) is 5.69 Å². The van der Waals surface area contributed by atoms with Crippen molar-refractivity contribution in [2.45, 2.75) is 11.4 Å². The first kappa shape index (κ1) is 23.0. The topological polar surface area (TPSA) is 188 Å². The summed E-state index contributed by atoms with van der Waals surface area (Å²) in [6.07, 6.45) is 1.75. The van der Waals surface area contributed by atoms with E-state index in [9.17, 15) is 29.1 Å². The number of carbonyl (C=O) groups is 5. The smallest absolute Gasteiger partial charge is 0.352 e. The number of carboxylic acid groups (broad SMARTS) is 2. The van der Waals surface area contributed by atoms with Crippen LogP contribution >= 0.6 is 23.1 Å². The second-order valence-electron chi connectivity index (χ2n) is 6.15. The van der Waals surface area contributed by atoms with Crippen LogP contribution in [0.3, 0.4) is 0 Å². The lowest BCUT2D eigenvalue weighted by Crippen LogP contribution is -2.71. The number of aliphatic carboxylic acids is 2. The standard InChI is InChI=1S/C17H15N5O8S2/c1-2-7-4-31-15-11(14(27)22(15)12(7)16(28)29)20-13(26)10(21-30-3-9(24)25)8-5-32-17(19-8)18-6-23/h2,5-6,11,15H,1,3-4H2,(H,20,26)(H,24,25)(H,28,29)(H,18,19,23)/t11?,15-/m1/s1. The highest BCUT2D eigenvalue weighted by Gasteiger charge is 2.54. The van der Waals surface area contributed by atoms with E-state index >= 15 is 0 Å². The summed E-state index contributed by atoms with van der Waals surface area (Å²) in [5, 5.41) is 27.3. The van der Waals surface area contributed by atoms with Crippen molar-refractivity contribution in [1.82, 2.24) is 15.2 Å². The number of carbonyl (C=O) groups excluding carboxylic acids is 3. The number of nitrogens with zero attached hydrogens (tertiary/aromatic N) is 3. The second-order valence-corrected chi connectivity index (χ2v) is 8.11. The van der Waals surface area contributed by atoms with Crippen LogP contribution in [0.25, 0.3) is 0 Å². The Bertz CT molecular complexity index is 1070. The molecule has 0 radical (unpaired) electrons. The molecule has 168 valence electrons. The number of hydrogen-bond acceptors (Lipinski definition) is 10. The van der Waals surface area contributed by atoms with Crippen molar-refractivity contribution < 1.29 is 39.0 Å². The quantitative estimate of drug-likeness (QED) is 0.146. The van der Waals surface area contributed by atoms with Gasteiger partial charge in [-0.1, -0.05) is 17.8 Å². The molecule has 1 saturated heterocycles. The van der Waals surface area contributed by atoms with Crippen LogP contribution < -0.4 is 10.6 Å². The summed E-state index contributed by atoms with van der Waals surface area (Å²) < 4.78 is 0. The lowest BCUT2D eigenvalue weighted by atomic mass is 10.0. The number of aromatic nitrogens is 1. The molecule has 3 amide bonds. The van der Waals surface area contributed by atoms with E-state index in [0.717, 1.165) is 16.2 Å². The third-order valence-corrected chi connectivity index (χ3v) is 6.30. The Morgan fingerprint density at radius 3 is 2.78 bits per heavy atom. The van der Waals surface area contributed by atoms with E-state index in [4.69, 9.17) is 5.11 Å². The number of nitrogens with one attached hydrogen (secondary N) is 2. The maximum atomic E-state index is 12.8. The van der Waals surface area contributed by atoms with Gasteiger partial charge in [0, 0.05) is 11.1 Å². The van der Waals surface area contributed by atoms with E-state index in [1.54, 1.807) is 0 Å². The molecular weight excluding hydrogens is 466 g/mol. The summed E-state index contributed by atoms with van der Waals surface area (Å²) in [6.45, 7) is 2.73. The van der Waals surface area contributed by atoms with Crippen molar-refractivity contribution >= 4 is 64.1 Å². The minimum Gasteiger partial charge on any atom is -0.479 e. The van der Waals surface area contributed by atoms with Crippen LogP contribution in [0.2, 0.25) is 0 Å². The number of thiazole rings is 1. The molecule has 13 nitrogen and oxygen atoms in total. The Morgan fingerprint density at radius 2 is 2.16 bits per heavy atom. The third kappa shape index (κ3) is 4.47. The van der Waals surface area contributed by atoms with E-state index in [1.807, 2.05) is 0 Å². The van der Waals surface area contributed by atoms with E-state index in [2.05, 4.69) is 32.2 Å². The summed E-state index contributed by atoms with van der Waals surface area (Å²) in [5.74, 6) is -3.87. The van der Waals surface area contributed by atoms with E-state index < -0.39 is 47.5 Å². The van der Waals surface area contributed by atoms with Gasteiger partial charge in [0.1, 0.15) is 22.8 Å². The predicted molar refractivity (Wildman–Crippen MR) is 112 cm³/mol. The van der Waals surface area contributed by atoms with Gasteiger partial charge in [-0.3, -0.25) is 19.3 Å². The molecule has 32 heavy (non-hydrogen) atoms. The Kier molecular flexibility index (Phi) is 6.89. The van der Waals surface area contributed by atoms with Crippen molar-refractivity contribution in [3.05, 3.63) is 35.0 Å². The average Bonchev–Trinajstić information content (AvgIpc) is 3.21. The Morgan fingerprint density at radius 1 is 1.41 bits per heavy atom. The molecule has 1 unspecified atom stereocenters. The molecule has 1 aromatic rings. The lowest BCUT2D eigenvalue weighted by Gasteiger charge is -2.49. The fraction of sp³-hybridized carbons (Fsp3) is 0.235. The largest absolute Gasteiger partial charge is 0.479 e. The molecule has 1 fully saturated rings. The van der Waals surface area contributed by atoms with Crippen LogP contribution in [0, 0.1) is 0 Å². The normalized spacial score (nSPS) is 20.1. The first-order chi connectivity index (χ1) is 15.3. The van der Waals surface area contributed by atoms with E-state index in [-0.39, 0.29) is 22.3 Å². The maximum Gasteiger partial charge on any atom is 0.352 e. The molecule has 2 aliphatic heterocycles. The Labute approximate surface area is 187 Å². The lowest BCUT2D eigenvalue weighted by molar-refractivity contribution is -0.150. The summed E-state index contributed by atoms with van der Waals surface area (Å²) in [6, 6.07) is -1.05. The Balaban J connectivity index is 1.81. The number of anilines is 1. The van der Waals surface area contributed by atoms with Gasteiger partial charge in [-0.05, 0) is 5.57 Å². The number of carboxylic acids is 2. The highest BCUT2D eigenvalue weighted by molar-refractivity contribution is 8.00. The molecule has 1 aromatic heterocycles. The zero-order valence-electron chi connectivity index (χ0n) is 16.0. The minimum atomic E-state index is -1.33. The molecule has 0 spiro atoms. The highest BCUT2D eigenvalue weighted by Crippen LogP contribution is 2.40. The van der Waals surface area contributed by atoms with Gasteiger partial charge in [0.2, 0.25) is 13.0 Å². The van der Waals surface area contributed by atoms with Gasteiger partial charge in [0.15, 0.2) is 10.8 Å². The second kappa shape index (κ2) is 9.61. The molecule has 2 atom stereocenters. The van der Waals surface area contributed by atoms with Gasteiger partial charge in [0.25, 0.3) is 11.8 Å². The van der Waals surface area contributed by atoms with Crippen molar-refractivity contribution in [2.24, 2.45) is 5.16 Å². The molecule has 0 bridgehead atoms. The number of hydrogen-bond donors (Lipinski definition) is 4. The summed E-state index contributed by atoms with van der Waals surface area (Å²) in [4.78, 5) is 68.0. The Hall–Kier alpha value is -3.72. The van der Waals surface area contributed by atoms with Gasteiger partial charge in [-0.25, -0.2) is 14.6 Å². The first-order valence-electron chi connectivity index (χ1n) is 8.70. The van der Waals surface area contributed by atoms with Gasteiger partial charge < -0.3 is 25.7 Å². The number of oxime groups is 1. The molecule has 15 heteroatoms. The number of thioether (sulfide) groups is 1. The molecule has 0 aliphatic carbocycles. The third-order valence-electron chi connectivity index (χ3n) is 4.22. The molecule has 2 aliphatic rings. The fourth-order valence-corrected chi connectivity index (χ4v) is 4.86. The van der Waals surface area contributed by atoms with Gasteiger partial charge in [0.05, 0.1) is 0 Å². The van der Waals surface area contributed by atoms with Crippen LogP contribution in [0.5, 0.6) is 0 Å². The molecule has 3 heterocycles. The maximum absolute atomic E-state index is 12.8. The fourth-order valence-electron chi connectivity index (χ4n) is 2.86. The number of β-lactam (4-membered cyclic amide) rings is 1. The zero-order chi connectivity index (χ0) is 23.4. The zero-order valence-corrected chi connectivity index (χ0v) is 17.6. The monoisotopic (exact) mass is 481 g/mol. The number of fused-ring (bicyclic) bond motifs is 1. The van der Waals surface area contributed by atoms with Crippen molar-refractivity contribution in [3.63, 3.8) is 0 Å². The van der Waals surface area contributed by atoms with Crippen LogP contribution in [-0.4, -0.2) is 79.7 Å². The van der Waals surface area contributed by atoms with E-state index in [0.29, 0.717) is 12.0 Å². The SMILES string of the molecule is C=CC1=C(C(=O)O)N2C(=O)C(NC(=O)C(=NOCC(=O)O)c3csc(NC=O)n3)[C@H]2SC1. The average molecular weight is 481 g/mol. The van der Waals surface area contributed by atoms with E-state index in [1.165, 1.54) is 23.2 Å². The summed E-state index contributed by atoms with van der Waals surface area (Å²) >= 11 is 2.22. The van der Waals surface area contributed by atoms with Gasteiger partial charge in [-0.2, -0.15) is 0 Å². The summed E-state index contributed by atoms with van der Waals surface area (Å²) in [5.41, 5.74) is -0.252. The van der Waals surface area contributed by atoms with Gasteiger partial charge >= 0.3 is 11.9 Å². The molecule has 0 aromatic carbocycles. The number of rotatable bonds is 10. The molecule has 0 saturated carbocycles. The van der Waals surface area contributed by atoms with Crippen LogP contribution in [0.4, 0.5) is 5.13 Å². The van der Waals surface area contributed by atoms with Crippen LogP contribution in [-0.2, 0) is 28.8 Å². The van der Waals surface area contributed by atoms with Crippen molar-refractivity contribution in [1.29, 1.82) is 0 Å². The highest BCUT2D eigenvalue weighted by atomic mass is 32.2. The van der Waals surface area contributed by atoms with Crippen LogP contribution in [0.15, 0.2) is 34.5 Å². The summed E-state index contributed by atoms with van der Waals surface area (Å²) in [7, 11) is 0.